The molecule has 44 heavy (non-hydrogen) atoms. The second kappa shape index (κ2) is 14.1. The Labute approximate surface area is 254 Å². The lowest BCUT2D eigenvalue weighted by molar-refractivity contribution is -0.137. The van der Waals surface area contributed by atoms with Crippen LogP contribution in [0.25, 0.3) is 0 Å². The number of amides is 4. The minimum Gasteiger partial charge on any atom is -0.466 e. The zero-order valence-electron chi connectivity index (χ0n) is 24.6. The summed E-state index contributed by atoms with van der Waals surface area (Å²) in [6.07, 6.45) is 2.65. The Morgan fingerprint density at radius 3 is 2.39 bits per heavy atom. The number of sulfone groups is 1. The van der Waals surface area contributed by atoms with Gasteiger partial charge in [0.05, 0.1) is 35.6 Å². The Balaban J connectivity index is 1.41. The summed E-state index contributed by atoms with van der Waals surface area (Å²) in [4.78, 5) is 42.3. The summed E-state index contributed by atoms with van der Waals surface area (Å²) in [6.45, 7) is 1.50. The Bertz CT molecular complexity index is 1540. The van der Waals surface area contributed by atoms with E-state index in [-0.39, 0.29) is 40.9 Å². The van der Waals surface area contributed by atoms with Gasteiger partial charge in [-0.3, -0.25) is 0 Å². The number of benzene rings is 2. The fourth-order valence-corrected chi connectivity index (χ4v) is 6.27. The summed E-state index contributed by atoms with van der Waals surface area (Å²) in [6, 6.07) is 6.63. The predicted molar refractivity (Wildman–Crippen MR) is 157 cm³/mol. The van der Waals surface area contributed by atoms with Gasteiger partial charge in [-0.15, -0.1) is 0 Å². The maximum Gasteiger partial charge on any atom is 0.338 e. The van der Waals surface area contributed by atoms with E-state index in [0.29, 0.717) is 25.3 Å². The van der Waals surface area contributed by atoms with Crippen LogP contribution in [0, 0.1) is 11.6 Å². The molecule has 2 aromatic carbocycles. The second-order valence-corrected chi connectivity index (χ2v) is 12.4. The molecule has 2 heterocycles. The highest BCUT2D eigenvalue weighted by Gasteiger charge is 2.43. The molecule has 0 saturated carbocycles. The average molecular weight is 636 g/mol. The third kappa shape index (κ3) is 7.34. The maximum atomic E-state index is 14.2. The molecular weight excluding hydrogens is 600 g/mol. The Kier molecular flexibility index (Phi) is 10.5. The smallest absolute Gasteiger partial charge is 0.338 e. The van der Waals surface area contributed by atoms with Crippen LogP contribution in [0.4, 0.5) is 24.1 Å². The van der Waals surface area contributed by atoms with E-state index < -0.39 is 45.5 Å². The number of carbonyl (C=O) groups is 3. The van der Waals surface area contributed by atoms with E-state index >= 15 is 0 Å². The number of urea groups is 2. The first-order valence-electron chi connectivity index (χ1n) is 13.9. The van der Waals surface area contributed by atoms with Gasteiger partial charge in [-0.1, -0.05) is 18.2 Å². The molecule has 0 spiro atoms. The fourth-order valence-electron chi connectivity index (χ4n) is 5.37. The fraction of sp³-hybridized carbons (Fsp3) is 0.414. The molecule has 0 radical (unpaired) electrons. The number of anilines is 1. The summed E-state index contributed by atoms with van der Waals surface area (Å²) in [5, 5.41) is 8.46. The van der Waals surface area contributed by atoms with Gasteiger partial charge in [0.2, 0.25) is 0 Å². The van der Waals surface area contributed by atoms with Crippen LogP contribution in [0.15, 0.2) is 58.6 Å². The van der Waals surface area contributed by atoms with Crippen molar-refractivity contribution in [2.24, 2.45) is 0 Å². The number of halogens is 2. The molecule has 0 aliphatic carbocycles. The van der Waals surface area contributed by atoms with Gasteiger partial charge in [-0.2, -0.15) is 0 Å². The van der Waals surface area contributed by atoms with Gasteiger partial charge in [-0.25, -0.2) is 36.5 Å². The van der Waals surface area contributed by atoms with Crippen LogP contribution in [-0.4, -0.2) is 90.7 Å². The number of hydrogen-bond donors (Lipinski definition) is 3. The quantitative estimate of drug-likeness (QED) is 0.265. The SMILES string of the molecule is COCC1=C(C(=O)OC)C(c2ccc(F)c(F)c2)N(C(=O)NCCNC2CCN(c3ccccc3S(C)(=O)=O)CC2)C(=O)N1. The number of rotatable bonds is 10. The molecule has 12 nitrogen and oxygen atoms in total. The van der Waals surface area contributed by atoms with Gasteiger partial charge in [0, 0.05) is 45.6 Å². The summed E-state index contributed by atoms with van der Waals surface area (Å²) in [7, 11) is -0.924. The van der Waals surface area contributed by atoms with Crippen molar-refractivity contribution in [1.29, 1.82) is 0 Å². The largest absolute Gasteiger partial charge is 0.466 e. The van der Waals surface area contributed by atoms with Gasteiger partial charge in [0.15, 0.2) is 21.5 Å². The van der Waals surface area contributed by atoms with Crippen LogP contribution < -0.4 is 20.9 Å². The molecule has 15 heteroatoms. The lowest BCUT2D eigenvalue weighted by Gasteiger charge is -2.37. The molecule has 1 saturated heterocycles. The van der Waals surface area contributed by atoms with Crippen molar-refractivity contribution in [2.75, 3.05) is 58.2 Å². The van der Waals surface area contributed by atoms with Crippen molar-refractivity contribution in [3.8, 4) is 0 Å². The summed E-state index contributed by atoms with van der Waals surface area (Å²) in [5.74, 6) is -3.25. The Morgan fingerprint density at radius 1 is 1.05 bits per heavy atom. The number of ether oxygens (including phenoxy) is 2. The van der Waals surface area contributed by atoms with Crippen LogP contribution >= 0.6 is 0 Å². The molecule has 4 rings (SSSR count). The molecular formula is C29H35F2N5O7S. The lowest BCUT2D eigenvalue weighted by Crippen LogP contribution is -2.56. The number of imide groups is 1. The van der Waals surface area contributed by atoms with Crippen molar-refractivity contribution < 1.29 is 41.1 Å². The standard InChI is InChI=1S/C29H35F2N5O7S/c1-42-17-22-25(27(37)43-2)26(18-8-9-20(30)21(31)16-18)36(29(39)34-22)28(38)33-13-12-32-19-10-14-35(15-11-19)23-6-4-5-7-24(23)44(3,40)41/h4-9,16,19,26,32H,10-15,17H2,1-3H3,(H,33,38)(H,34,39). The number of nitrogens with zero attached hydrogens (tertiary/aromatic N) is 2. The molecule has 238 valence electrons. The first kappa shape index (κ1) is 32.8. The number of nitrogens with one attached hydrogen (secondary N) is 3. The molecule has 2 aliphatic rings. The predicted octanol–water partition coefficient (Wildman–Crippen LogP) is 2.48. The molecule has 0 bridgehead atoms. The second-order valence-electron chi connectivity index (χ2n) is 10.4. The summed E-state index contributed by atoms with van der Waals surface area (Å²) >= 11 is 0. The lowest BCUT2D eigenvalue weighted by atomic mass is 9.93. The van der Waals surface area contributed by atoms with E-state index in [9.17, 15) is 31.6 Å². The Morgan fingerprint density at radius 2 is 1.75 bits per heavy atom. The number of esters is 1. The molecule has 2 aromatic rings. The number of methoxy groups -OCH3 is 2. The monoisotopic (exact) mass is 635 g/mol. The molecule has 1 unspecified atom stereocenters. The van der Waals surface area contributed by atoms with Crippen molar-refractivity contribution in [1.82, 2.24) is 20.9 Å². The summed E-state index contributed by atoms with van der Waals surface area (Å²) < 4.78 is 62.4. The average Bonchev–Trinajstić information content (AvgIpc) is 3.00. The molecule has 1 atom stereocenters. The first-order valence-corrected chi connectivity index (χ1v) is 15.8. The molecule has 0 aromatic heterocycles. The number of piperidine rings is 1. The van der Waals surface area contributed by atoms with Gasteiger partial charge in [-0.05, 0) is 42.7 Å². The minimum absolute atomic E-state index is 0.0229. The zero-order valence-corrected chi connectivity index (χ0v) is 25.4. The third-order valence-electron chi connectivity index (χ3n) is 7.44. The van der Waals surface area contributed by atoms with Crippen LogP contribution in [0.3, 0.4) is 0 Å². The number of carbonyl (C=O) groups excluding carboxylic acids is 3. The maximum absolute atomic E-state index is 14.2. The van der Waals surface area contributed by atoms with Gasteiger partial charge < -0.3 is 30.3 Å². The normalized spacial score (nSPS) is 17.8. The van der Waals surface area contributed by atoms with E-state index in [4.69, 9.17) is 9.47 Å². The number of hydrogen-bond acceptors (Lipinski definition) is 9. The van der Waals surface area contributed by atoms with Gasteiger partial charge in [0.1, 0.15) is 6.04 Å². The van der Waals surface area contributed by atoms with Crippen LogP contribution in [0.1, 0.15) is 24.4 Å². The molecule has 1 fully saturated rings. The van der Waals surface area contributed by atoms with Gasteiger partial charge >= 0.3 is 18.0 Å². The van der Waals surface area contributed by atoms with E-state index in [1.165, 1.54) is 19.4 Å². The van der Waals surface area contributed by atoms with Crippen LogP contribution in [0.5, 0.6) is 0 Å². The zero-order chi connectivity index (χ0) is 32.0. The van der Waals surface area contributed by atoms with Crippen LogP contribution in [-0.2, 0) is 24.1 Å². The molecule has 4 amide bonds. The van der Waals surface area contributed by atoms with Crippen molar-refractivity contribution in [2.45, 2.75) is 29.8 Å². The van der Waals surface area contributed by atoms with E-state index in [2.05, 4.69) is 16.0 Å². The highest BCUT2D eigenvalue weighted by Crippen LogP contribution is 2.35. The van der Waals surface area contributed by atoms with E-state index in [1.54, 1.807) is 24.3 Å². The Hall–Kier alpha value is -4.08. The highest BCUT2D eigenvalue weighted by molar-refractivity contribution is 7.90. The van der Waals surface area contributed by atoms with Crippen molar-refractivity contribution in [3.05, 3.63) is 70.9 Å². The third-order valence-corrected chi connectivity index (χ3v) is 8.58. The van der Waals surface area contributed by atoms with E-state index in [0.717, 1.165) is 37.0 Å². The van der Waals surface area contributed by atoms with Crippen molar-refractivity contribution >= 4 is 33.6 Å². The minimum atomic E-state index is -3.38. The van der Waals surface area contributed by atoms with Gasteiger partial charge in [0.25, 0.3) is 0 Å². The molecule has 2 aliphatic heterocycles. The highest BCUT2D eigenvalue weighted by atomic mass is 32.2. The van der Waals surface area contributed by atoms with Crippen LogP contribution in [0.2, 0.25) is 0 Å². The molecule has 3 N–H and O–H groups in total. The topological polar surface area (TPSA) is 146 Å². The van der Waals surface area contributed by atoms with E-state index in [1.807, 2.05) is 4.90 Å². The van der Waals surface area contributed by atoms with Crippen molar-refractivity contribution in [3.63, 3.8) is 0 Å². The number of para-hydroxylation sites is 1. The first-order chi connectivity index (χ1) is 21.0. The summed E-state index contributed by atoms with van der Waals surface area (Å²) in [5.41, 5.74) is 0.503.